The van der Waals surface area contributed by atoms with E-state index in [1.165, 1.54) is 25.7 Å². The molecule has 1 atom stereocenters. The van der Waals surface area contributed by atoms with E-state index in [-0.39, 0.29) is 6.10 Å². The van der Waals surface area contributed by atoms with Gasteiger partial charge in [-0.1, -0.05) is 39.0 Å². The van der Waals surface area contributed by atoms with Gasteiger partial charge in [0, 0.05) is 11.9 Å². The van der Waals surface area contributed by atoms with Gasteiger partial charge in [0.25, 0.3) is 0 Å². The van der Waals surface area contributed by atoms with Gasteiger partial charge >= 0.3 is 0 Å². The molecule has 90 valence electrons. The minimum Gasteiger partial charge on any atom is -0.388 e. The number of unbranched alkanes of at least 4 members (excludes halogenated alkanes) is 4. The minimum absolute atomic E-state index is 0.316. The Labute approximate surface area is 98.7 Å². The molecule has 2 heteroatoms. The lowest BCUT2D eigenvalue weighted by molar-refractivity contribution is 0.163. The predicted molar refractivity (Wildman–Crippen MR) is 67.3 cm³/mol. The molecule has 0 saturated carbocycles. The summed E-state index contributed by atoms with van der Waals surface area (Å²) >= 11 is 0. The number of aryl methyl sites for hydroxylation is 1. The molecule has 2 nitrogen and oxygen atoms in total. The highest BCUT2D eigenvalue weighted by Gasteiger charge is 2.06. The van der Waals surface area contributed by atoms with Crippen molar-refractivity contribution in [3.05, 3.63) is 29.6 Å². The lowest BCUT2D eigenvalue weighted by Crippen LogP contribution is -1.98. The molecule has 1 N–H and O–H groups in total. The molecule has 0 bridgehead atoms. The van der Waals surface area contributed by atoms with E-state index in [9.17, 15) is 5.11 Å². The van der Waals surface area contributed by atoms with Crippen molar-refractivity contribution in [2.24, 2.45) is 0 Å². The third-order valence-corrected chi connectivity index (χ3v) is 2.89. The molecule has 1 heterocycles. The fourth-order valence-corrected chi connectivity index (χ4v) is 1.88. The molecular formula is C14H23NO. The van der Waals surface area contributed by atoms with Crippen molar-refractivity contribution in [1.82, 2.24) is 4.98 Å². The van der Waals surface area contributed by atoms with Crippen LogP contribution in [0.25, 0.3) is 0 Å². The summed E-state index contributed by atoms with van der Waals surface area (Å²) in [4.78, 5) is 4.13. The minimum atomic E-state index is -0.316. The van der Waals surface area contributed by atoms with Crippen LogP contribution >= 0.6 is 0 Å². The van der Waals surface area contributed by atoms with Crippen LogP contribution in [-0.2, 0) is 0 Å². The van der Waals surface area contributed by atoms with E-state index >= 15 is 0 Å². The van der Waals surface area contributed by atoms with E-state index in [2.05, 4.69) is 11.9 Å². The molecule has 0 radical (unpaired) electrons. The molecule has 0 spiro atoms. The summed E-state index contributed by atoms with van der Waals surface area (Å²) in [6, 6.07) is 3.88. The SMILES string of the molecule is CCCCCCCC(O)c1ccnc(C)c1. The van der Waals surface area contributed by atoms with Crippen molar-refractivity contribution in [2.45, 2.75) is 58.5 Å². The standard InChI is InChI=1S/C14H23NO/c1-3-4-5-6-7-8-14(16)13-9-10-15-12(2)11-13/h9-11,14,16H,3-8H2,1-2H3. The van der Waals surface area contributed by atoms with Crippen LogP contribution in [0.15, 0.2) is 18.3 Å². The Kier molecular flexibility index (Phi) is 6.09. The predicted octanol–water partition coefficient (Wildman–Crippen LogP) is 3.78. The monoisotopic (exact) mass is 221 g/mol. The first kappa shape index (κ1) is 13.2. The van der Waals surface area contributed by atoms with Crippen LogP contribution < -0.4 is 0 Å². The number of hydrogen-bond acceptors (Lipinski definition) is 2. The van der Waals surface area contributed by atoms with Gasteiger partial charge in [0.05, 0.1) is 6.10 Å². The highest BCUT2D eigenvalue weighted by molar-refractivity contribution is 5.17. The van der Waals surface area contributed by atoms with Gasteiger partial charge in [0.2, 0.25) is 0 Å². The summed E-state index contributed by atoms with van der Waals surface area (Å²) in [5, 5.41) is 9.97. The van der Waals surface area contributed by atoms with Gasteiger partial charge in [0.15, 0.2) is 0 Å². The maximum Gasteiger partial charge on any atom is 0.0791 e. The summed E-state index contributed by atoms with van der Waals surface area (Å²) in [7, 11) is 0. The van der Waals surface area contributed by atoms with Crippen molar-refractivity contribution >= 4 is 0 Å². The molecule has 0 aliphatic carbocycles. The van der Waals surface area contributed by atoms with Gasteiger partial charge in [-0.05, 0) is 31.0 Å². The maximum absolute atomic E-state index is 9.97. The van der Waals surface area contributed by atoms with Crippen LogP contribution in [0, 0.1) is 6.92 Å². The summed E-state index contributed by atoms with van der Waals surface area (Å²) < 4.78 is 0. The van der Waals surface area contributed by atoms with Gasteiger partial charge in [-0.25, -0.2) is 0 Å². The average Bonchev–Trinajstić information content (AvgIpc) is 2.28. The second kappa shape index (κ2) is 7.39. The van der Waals surface area contributed by atoms with Crippen LogP contribution in [0.1, 0.15) is 62.8 Å². The van der Waals surface area contributed by atoms with Gasteiger partial charge in [0.1, 0.15) is 0 Å². The van der Waals surface area contributed by atoms with Crippen LogP contribution in [0.3, 0.4) is 0 Å². The molecule has 0 aliphatic heterocycles. The smallest absolute Gasteiger partial charge is 0.0791 e. The molecule has 1 aromatic rings. The number of aromatic nitrogens is 1. The molecule has 1 unspecified atom stereocenters. The topological polar surface area (TPSA) is 33.1 Å². The molecule has 0 fully saturated rings. The number of aliphatic hydroxyl groups is 1. The Morgan fingerprint density at radius 1 is 1.25 bits per heavy atom. The van der Waals surface area contributed by atoms with E-state index < -0.39 is 0 Å². The first-order valence-corrected chi connectivity index (χ1v) is 6.34. The lowest BCUT2D eigenvalue weighted by atomic mass is 10.0. The Balaban J connectivity index is 2.27. The Hall–Kier alpha value is -0.890. The third kappa shape index (κ3) is 4.75. The molecule has 1 aromatic heterocycles. The number of hydrogen-bond donors (Lipinski definition) is 1. The Bertz CT molecular complexity index is 299. The normalized spacial score (nSPS) is 12.7. The van der Waals surface area contributed by atoms with Gasteiger partial charge in [-0.3, -0.25) is 4.98 Å². The zero-order valence-electron chi connectivity index (χ0n) is 10.4. The number of pyridine rings is 1. The first-order valence-electron chi connectivity index (χ1n) is 6.34. The summed E-state index contributed by atoms with van der Waals surface area (Å²) in [6.45, 7) is 4.17. The van der Waals surface area contributed by atoms with Crippen molar-refractivity contribution in [3.63, 3.8) is 0 Å². The van der Waals surface area contributed by atoms with Gasteiger partial charge < -0.3 is 5.11 Å². The Morgan fingerprint density at radius 2 is 2.00 bits per heavy atom. The Morgan fingerprint density at radius 3 is 2.69 bits per heavy atom. The molecule has 0 aliphatic rings. The fraction of sp³-hybridized carbons (Fsp3) is 0.643. The van der Waals surface area contributed by atoms with Gasteiger partial charge in [-0.2, -0.15) is 0 Å². The second-order valence-corrected chi connectivity index (χ2v) is 4.45. The molecule has 0 amide bonds. The van der Waals surface area contributed by atoms with Crippen LogP contribution in [-0.4, -0.2) is 10.1 Å². The van der Waals surface area contributed by atoms with Crippen LogP contribution in [0.5, 0.6) is 0 Å². The van der Waals surface area contributed by atoms with E-state index in [0.717, 1.165) is 24.1 Å². The summed E-state index contributed by atoms with van der Waals surface area (Å²) in [5.41, 5.74) is 1.98. The van der Waals surface area contributed by atoms with Crippen molar-refractivity contribution in [3.8, 4) is 0 Å². The fourth-order valence-electron chi connectivity index (χ4n) is 1.88. The van der Waals surface area contributed by atoms with Crippen molar-refractivity contribution < 1.29 is 5.11 Å². The molecule has 1 rings (SSSR count). The zero-order valence-corrected chi connectivity index (χ0v) is 10.4. The van der Waals surface area contributed by atoms with E-state index in [0.29, 0.717) is 0 Å². The van der Waals surface area contributed by atoms with Crippen molar-refractivity contribution in [1.29, 1.82) is 0 Å². The summed E-state index contributed by atoms with van der Waals surface area (Å²) in [5.74, 6) is 0. The van der Waals surface area contributed by atoms with Gasteiger partial charge in [-0.15, -0.1) is 0 Å². The lowest BCUT2D eigenvalue weighted by Gasteiger charge is -2.10. The molecule has 16 heavy (non-hydrogen) atoms. The van der Waals surface area contributed by atoms with E-state index in [4.69, 9.17) is 0 Å². The van der Waals surface area contributed by atoms with Crippen LogP contribution in [0.4, 0.5) is 0 Å². The van der Waals surface area contributed by atoms with E-state index in [1.54, 1.807) is 6.20 Å². The molecule has 0 aromatic carbocycles. The first-order chi connectivity index (χ1) is 7.74. The highest BCUT2D eigenvalue weighted by Crippen LogP contribution is 2.20. The zero-order chi connectivity index (χ0) is 11.8. The second-order valence-electron chi connectivity index (χ2n) is 4.45. The molecule has 0 saturated heterocycles. The highest BCUT2D eigenvalue weighted by atomic mass is 16.3. The third-order valence-electron chi connectivity index (χ3n) is 2.89. The number of nitrogens with zero attached hydrogens (tertiary/aromatic N) is 1. The van der Waals surface area contributed by atoms with Crippen LogP contribution in [0.2, 0.25) is 0 Å². The number of aliphatic hydroxyl groups excluding tert-OH is 1. The summed E-state index contributed by atoms with van der Waals surface area (Å²) in [6.07, 6.45) is 8.54. The largest absolute Gasteiger partial charge is 0.388 e. The number of rotatable bonds is 7. The average molecular weight is 221 g/mol. The van der Waals surface area contributed by atoms with Crippen molar-refractivity contribution in [2.75, 3.05) is 0 Å². The maximum atomic E-state index is 9.97. The molecular weight excluding hydrogens is 198 g/mol. The quantitative estimate of drug-likeness (QED) is 0.711. The van der Waals surface area contributed by atoms with E-state index in [1.807, 2.05) is 19.1 Å².